The summed E-state index contributed by atoms with van der Waals surface area (Å²) in [4.78, 5) is 0. The molecule has 0 bridgehead atoms. The van der Waals surface area contributed by atoms with Crippen molar-refractivity contribution in [3.8, 4) is 0 Å². The molecule has 1 aliphatic rings. The Bertz CT molecular complexity index is 282. The van der Waals surface area contributed by atoms with Crippen molar-refractivity contribution in [1.82, 2.24) is 0 Å². The molecule has 1 aromatic carbocycles. The molecule has 0 N–H and O–H groups in total. The van der Waals surface area contributed by atoms with E-state index in [0.29, 0.717) is 0 Å². The highest BCUT2D eigenvalue weighted by molar-refractivity contribution is 9.11. The van der Waals surface area contributed by atoms with Crippen LogP contribution >= 0.6 is 31.9 Å². The van der Waals surface area contributed by atoms with E-state index in [2.05, 4.69) is 44.0 Å². The molecule has 2 rings (SSSR count). The zero-order valence-electron chi connectivity index (χ0n) is 5.07. The van der Waals surface area contributed by atoms with Crippen LogP contribution in [0.3, 0.4) is 0 Å². The lowest BCUT2D eigenvalue weighted by Gasteiger charge is -2.13. The van der Waals surface area contributed by atoms with Crippen LogP contribution in [0, 0.1) is 0 Å². The van der Waals surface area contributed by atoms with Crippen LogP contribution in [0.15, 0.2) is 21.1 Å². The molecule has 0 heterocycles. The molecular formula is C8H4Br2. The highest BCUT2D eigenvalue weighted by Gasteiger charge is 2.11. The van der Waals surface area contributed by atoms with E-state index >= 15 is 0 Å². The Hall–Kier alpha value is -0.0800. The predicted molar refractivity (Wildman–Crippen MR) is 50.8 cm³/mol. The monoisotopic (exact) mass is 258 g/mol. The lowest BCUT2D eigenvalue weighted by atomic mass is 9.98. The first-order chi connectivity index (χ1) is 4.79. The second-order valence-corrected chi connectivity index (χ2v) is 3.90. The molecule has 0 atom stereocenters. The Morgan fingerprint density at radius 3 is 1.50 bits per heavy atom. The SMILES string of the molecule is Brc1ccc(Br)c2c1C=C2. The Morgan fingerprint density at radius 2 is 1.20 bits per heavy atom. The van der Waals surface area contributed by atoms with Gasteiger partial charge in [0.15, 0.2) is 0 Å². The minimum atomic E-state index is 1.17. The van der Waals surface area contributed by atoms with Gasteiger partial charge in [-0.3, -0.25) is 0 Å². The Morgan fingerprint density at radius 1 is 0.800 bits per heavy atom. The molecule has 0 aromatic heterocycles. The van der Waals surface area contributed by atoms with E-state index in [4.69, 9.17) is 0 Å². The molecule has 0 fully saturated rings. The standard InChI is InChI=1S/C8H4Br2/c9-7-3-4-8(10)6-2-1-5(6)7/h1-4H. The van der Waals surface area contributed by atoms with Crippen LogP contribution in [0.5, 0.6) is 0 Å². The topological polar surface area (TPSA) is 0 Å². The molecule has 2 heteroatoms. The Kier molecular flexibility index (Phi) is 1.46. The van der Waals surface area contributed by atoms with Crippen molar-refractivity contribution in [1.29, 1.82) is 0 Å². The third-order valence-corrected chi connectivity index (χ3v) is 2.98. The van der Waals surface area contributed by atoms with Crippen LogP contribution in [-0.2, 0) is 0 Å². The maximum absolute atomic E-state index is 3.46. The summed E-state index contributed by atoms with van der Waals surface area (Å²) >= 11 is 6.92. The second kappa shape index (κ2) is 2.21. The fraction of sp³-hybridized carbons (Fsp3) is 0. The first-order valence-electron chi connectivity index (χ1n) is 2.95. The van der Waals surface area contributed by atoms with Gasteiger partial charge in [-0.15, -0.1) is 0 Å². The number of hydrogen-bond donors (Lipinski definition) is 0. The van der Waals surface area contributed by atoms with Crippen molar-refractivity contribution in [2.75, 3.05) is 0 Å². The number of fused-ring (bicyclic) bond motifs is 1. The zero-order valence-corrected chi connectivity index (χ0v) is 8.24. The Labute approximate surface area is 76.2 Å². The molecule has 0 radical (unpaired) electrons. The molecule has 1 aliphatic carbocycles. The van der Waals surface area contributed by atoms with E-state index in [-0.39, 0.29) is 0 Å². The minimum Gasteiger partial charge on any atom is -0.0525 e. The van der Waals surface area contributed by atoms with Gasteiger partial charge in [-0.05, 0) is 23.3 Å². The fourth-order valence-electron chi connectivity index (χ4n) is 0.992. The first-order valence-corrected chi connectivity index (χ1v) is 4.54. The second-order valence-electron chi connectivity index (χ2n) is 2.19. The summed E-state index contributed by atoms with van der Waals surface area (Å²) in [5.41, 5.74) is 2.60. The average Bonchev–Trinajstić information content (AvgIpc) is 1.78. The van der Waals surface area contributed by atoms with Crippen LogP contribution in [-0.4, -0.2) is 0 Å². The van der Waals surface area contributed by atoms with Gasteiger partial charge < -0.3 is 0 Å². The van der Waals surface area contributed by atoms with Crippen molar-refractivity contribution < 1.29 is 0 Å². The van der Waals surface area contributed by atoms with Crippen LogP contribution in [0.4, 0.5) is 0 Å². The van der Waals surface area contributed by atoms with Gasteiger partial charge >= 0.3 is 0 Å². The molecule has 0 spiro atoms. The predicted octanol–water partition coefficient (Wildman–Crippen LogP) is 3.70. The van der Waals surface area contributed by atoms with E-state index in [1.807, 2.05) is 12.1 Å². The van der Waals surface area contributed by atoms with Gasteiger partial charge in [0.05, 0.1) is 0 Å². The number of benzene rings is 1. The maximum Gasteiger partial charge on any atom is 0.0254 e. The van der Waals surface area contributed by atoms with Crippen molar-refractivity contribution in [3.05, 3.63) is 32.2 Å². The van der Waals surface area contributed by atoms with Crippen molar-refractivity contribution >= 4 is 44.0 Å². The van der Waals surface area contributed by atoms with Crippen LogP contribution < -0.4 is 0 Å². The Balaban J connectivity index is 2.72. The molecule has 10 heavy (non-hydrogen) atoms. The minimum absolute atomic E-state index is 1.17. The third-order valence-electron chi connectivity index (χ3n) is 1.60. The molecule has 0 amide bonds. The summed E-state index contributed by atoms with van der Waals surface area (Å²) in [6.45, 7) is 0. The first kappa shape index (κ1) is 6.62. The lowest BCUT2D eigenvalue weighted by Crippen LogP contribution is -1.91. The summed E-state index contributed by atoms with van der Waals surface area (Å²) in [5, 5.41) is 0. The van der Waals surface area contributed by atoms with Crippen LogP contribution in [0.1, 0.15) is 11.1 Å². The van der Waals surface area contributed by atoms with Gasteiger partial charge in [-0.1, -0.05) is 44.0 Å². The molecule has 0 unspecified atom stereocenters. The smallest absolute Gasteiger partial charge is 0.0254 e. The van der Waals surface area contributed by atoms with Crippen molar-refractivity contribution in [2.45, 2.75) is 0 Å². The van der Waals surface area contributed by atoms with Gasteiger partial charge in [0.1, 0.15) is 0 Å². The highest BCUT2D eigenvalue weighted by Crippen LogP contribution is 2.35. The highest BCUT2D eigenvalue weighted by atomic mass is 79.9. The summed E-state index contributed by atoms with van der Waals surface area (Å²) in [6, 6.07) is 4.10. The summed E-state index contributed by atoms with van der Waals surface area (Å²) in [6.07, 6.45) is 4.20. The van der Waals surface area contributed by atoms with Crippen LogP contribution in [0.25, 0.3) is 12.2 Å². The van der Waals surface area contributed by atoms with E-state index in [0.717, 1.165) is 0 Å². The van der Waals surface area contributed by atoms with Gasteiger partial charge in [0.25, 0.3) is 0 Å². The molecule has 50 valence electrons. The normalized spacial score (nSPS) is 12.6. The summed E-state index contributed by atoms with van der Waals surface area (Å²) in [5.74, 6) is 0. The molecular weight excluding hydrogens is 256 g/mol. The number of rotatable bonds is 0. The zero-order chi connectivity index (χ0) is 7.14. The summed E-state index contributed by atoms with van der Waals surface area (Å²) in [7, 11) is 0. The maximum atomic E-state index is 3.46. The van der Waals surface area contributed by atoms with Gasteiger partial charge in [0.2, 0.25) is 0 Å². The van der Waals surface area contributed by atoms with Gasteiger partial charge in [-0.2, -0.15) is 0 Å². The van der Waals surface area contributed by atoms with E-state index < -0.39 is 0 Å². The molecule has 0 saturated heterocycles. The van der Waals surface area contributed by atoms with E-state index in [1.54, 1.807) is 0 Å². The van der Waals surface area contributed by atoms with E-state index in [1.165, 1.54) is 20.1 Å². The average molecular weight is 260 g/mol. The molecule has 0 aliphatic heterocycles. The fourth-order valence-corrected chi connectivity index (χ4v) is 1.95. The summed E-state index contributed by atoms with van der Waals surface area (Å²) < 4.78 is 2.35. The van der Waals surface area contributed by atoms with Crippen molar-refractivity contribution in [2.24, 2.45) is 0 Å². The number of hydrogen-bond acceptors (Lipinski definition) is 0. The molecule has 1 aromatic rings. The van der Waals surface area contributed by atoms with Gasteiger partial charge in [0, 0.05) is 8.95 Å². The van der Waals surface area contributed by atoms with E-state index in [9.17, 15) is 0 Å². The van der Waals surface area contributed by atoms with Crippen LogP contribution in [0.2, 0.25) is 0 Å². The molecule has 0 saturated carbocycles. The molecule has 0 nitrogen and oxygen atoms in total. The van der Waals surface area contributed by atoms with Gasteiger partial charge in [-0.25, -0.2) is 0 Å². The third kappa shape index (κ3) is 0.789. The largest absolute Gasteiger partial charge is 0.0525 e. The quantitative estimate of drug-likeness (QED) is 0.677. The van der Waals surface area contributed by atoms with Crippen molar-refractivity contribution in [3.63, 3.8) is 0 Å². The number of halogens is 2. The lowest BCUT2D eigenvalue weighted by molar-refractivity contribution is 1.49.